The summed E-state index contributed by atoms with van der Waals surface area (Å²) in [7, 11) is 0. The van der Waals surface area contributed by atoms with Crippen LogP contribution in [-0.4, -0.2) is 25.3 Å². The Hall–Kier alpha value is -2.23. The van der Waals surface area contributed by atoms with Gasteiger partial charge in [0.1, 0.15) is 0 Å². The lowest BCUT2D eigenvalue weighted by atomic mass is 10.00. The molecule has 0 spiro atoms. The minimum atomic E-state index is -0.332. The van der Waals surface area contributed by atoms with Crippen LogP contribution in [0.25, 0.3) is 16.8 Å². The van der Waals surface area contributed by atoms with Crippen molar-refractivity contribution in [3.63, 3.8) is 0 Å². The van der Waals surface area contributed by atoms with E-state index in [0.29, 0.717) is 21.6 Å². The quantitative estimate of drug-likeness (QED) is 0.572. The van der Waals surface area contributed by atoms with Gasteiger partial charge in [0.05, 0.1) is 17.0 Å². The molecule has 5 nitrogen and oxygen atoms in total. The summed E-state index contributed by atoms with van der Waals surface area (Å²) in [6.45, 7) is 4.06. The van der Waals surface area contributed by atoms with Crippen LogP contribution in [0, 0.1) is 12.3 Å². The van der Waals surface area contributed by atoms with Crippen molar-refractivity contribution in [3.05, 3.63) is 45.5 Å². The minimum Gasteiger partial charge on any atom is -0.285 e. The number of hydrogen-bond donors (Lipinski definition) is 1. The molecule has 0 bridgehead atoms. The fourth-order valence-corrected chi connectivity index (χ4v) is 3.07. The summed E-state index contributed by atoms with van der Waals surface area (Å²) >= 11 is 7.30. The van der Waals surface area contributed by atoms with E-state index in [1.165, 1.54) is 16.3 Å². The molecule has 3 aromatic rings. The van der Waals surface area contributed by atoms with Crippen LogP contribution in [0.5, 0.6) is 0 Å². The van der Waals surface area contributed by atoms with Crippen molar-refractivity contribution in [3.8, 4) is 23.5 Å². The monoisotopic (exact) mass is 358 g/mol. The van der Waals surface area contributed by atoms with Crippen LogP contribution >= 0.6 is 23.4 Å². The molecule has 0 aliphatic rings. The number of terminal acetylenes is 1. The average molecular weight is 359 g/mol. The molecule has 0 amide bonds. The van der Waals surface area contributed by atoms with Crippen LogP contribution in [0.2, 0.25) is 5.02 Å². The molecule has 0 saturated heterocycles. The Morgan fingerprint density at radius 2 is 2.08 bits per heavy atom. The largest absolute Gasteiger partial charge is 0.350 e. The SMILES string of the molecule is C#CCSc1nc2c(-c3ccc(Cl)cc3)c(C(C)C)nn2c(=O)[nH]1. The highest BCUT2D eigenvalue weighted by Gasteiger charge is 2.20. The van der Waals surface area contributed by atoms with Crippen molar-refractivity contribution in [2.75, 3.05) is 5.75 Å². The van der Waals surface area contributed by atoms with Crippen LogP contribution in [0.15, 0.2) is 34.2 Å². The number of nitrogens with one attached hydrogen (secondary N) is 1. The molecule has 2 heterocycles. The summed E-state index contributed by atoms with van der Waals surface area (Å²) in [4.78, 5) is 19.6. The highest BCUT2D eigenvalue weighted by Crippen LogP contribution is 2.32. The molecule has 0 atom stereocenters. The second-order valence-corrected chi connectivity index (χ2v) is 6.90. The molecule has 0 aliphatic heterocycles. The lowest BCUT2D eigenvalue weighted by molar-refractivity contribution is 0.742. The Morgan fingerprint density at radius 1 is 1.38 bits per heavy atom. The van der Waals surface area contributed by atoms with Gasteiger partial charge in [0.15, 0.2) is 10.8 Å². The Labute approximate surface area is 148 Å². The highest BCUT2D eigenvalue weighted by atomic mass is 35.5. The number of aromatic amines is 1. The van der Waals surface area contributed by atoms with E-state index in [1.54, 1.807) is 0 Å². The molecule has 24 heavy (non-hydrogen) atoms. The molecular weight excluding hydrogens is 344 g/mol. The number of H-pyrrole nitrogens is 1. The fraction of sp³-hybridized carbons (Fsp3) is 0.235. The van der Waals surface area contributed by atoms with Gasteiger partial charge in [-0.05, 0) is 23.6 Å². The lowest BCUT2D eigenvalue weighted by Gasteiger charge is -2.06. The summed E-state index contributed by atoms with van der Waals surface area (Å²) < 4.78 is 1.30. The summed E-state index contributed by atoms with van der Waals surface area (Å²) in [5, 5.41) is 5.59. The van der Waals surface area contributed by atoms with Gasteiger partial charge in [0.2, 0.25) is 0 Å². The number of halogens is 1. The summed E-state index contributed by atoms with van der Waals surface area (Å²) in [6, 6.07) is 7.43. The van der Waals surface area contributed by atoms with E-state index in [2.05, 4.69) is 21.0 Å². The van der Waals surface area contributed by atoms with Crippen LogP contribution in [0.1, 0.15) is 25.5 Å². The molecule has 0 saturated carbocycles. The molecule has 0 fully saturated rings. The van der Waals surface area contributed by atoms with Gasteiger partial charge in [-0.3, -0.25) is 4.98 Å². The van der Waals surface area contributed by atoms with Crippen LogP contribution in [-0.2, 0) is 0 Å². The molecule has 7 heteroatoms. The van der Waals surface area contributed by atoms with Gasteiger partial charge in [0.25, 0.3) is 0 Å². The Kier molecular flexibility index (Phi) is 4.65. The summed E-state index contributed by atoms with van der Waals surface area (Å²) in [5.74, 6) is 3.09. The Balaban J connectivity index is 2.29. The van der Waals surface area contributed by atoms with E-state index in [-0.39, 0.29) is 11.6 Å². The van der Waals surface area contributed by atoms with Crippen LogP contribution < -0.4 is 5.69 Å². The topological polar surface area (TPSA) is 63.1 Å². The van der Waals surface area contributed by atoms with Gasteiger partial charge in [-0.2, -0.15) is 9.61 Å². The molecule has 122 valence electrons. The first kappa shape index (κ1) is 16.6. The fourth-order valence-electron chi connectivity index (χ4n) is 2.42. The molecule has 1 aromatic carbocycles. The van der Waals surface area contributed by atoms with Crippen LogP contribution in [0.4, 0.5) is 0 Å². The number of rotatable bonds is 4. The van der Waals surface area contributed by atoms with E-state index in [1.807, 2.05) is 38.1 Å². The van der Waals surface area contributed by atoms with Gasteiger partial charge in [0, 0.05) is 5.02 Å². The van der Waals surface area contributed by atoms with Crippen molar-refractivity contribution in [2.45, 2.75) is 24.9 Å². The van der Waals surface area contributed by atoms with Gasteiger partial charge < -0.3 is 0 Å². The first-order chi connectivity index (χ1) is 11.5. The van der Waals surface area contributed by atoms with Gasteiger partial charge >= 0.3 is 5.69 Å². The molecule has 3 rings (SSSR count). The van der Waals surface area contributed by atoms with E-state index in [4.69, 9.17) is 18.0 Å². The zero-order valence-electron chi connectivity index (χ0n) is 13.2. The smallest absolute Gasteiger partial charge is 0.285 e. The first-order valence-electron chi connectivity index (χ1n) is 7.36. The molecule has 1 N–H and O–H groups in total. The third-order valence-electron chi connectivity index (χ3n) is 3.47. The standard InChI is InChI=1S/C17H15ClN4OS/c1-4-9-24-16-19-15-13(11-5-7-12(18)8-6-11)14(10(2)3)21-22(15)17(23)20-16/h1,5-8,10H,9H2,2-3H3,(H,19,20,23). The normalized spacial score (nSPS) is 11.1. The summed E-state index contributed by atoms with van der Waals surface area (Å²) in [6.07, 6.45) is 5.29. The predicted molar refractivity (Wildman–Crippen MR) is 97.7 cm³/mol. The Bertz CT molecular complexity index is 983. The first-order valence-corrected chi connectivity index (χ1v) is 8.72. The molecule has 2 aromatic heterocycles. The predicted octanol–water partition coefficient (Wildman–Crippen LogP) is 3.59. The van der Waals surface area contributed by atoms with Gasteiger partial charge in [-0.1, -0.05) is 55.3 Å². The maximum atomic E-state index is 12.4. The maximum Gasteiger partial charge on any atom is 0.350 e. The van der Waals surface area contributed by atoms with E-state index in [9.17, 15) is 4.79 Å². The second kappa shape index (κ2) is 6.71. The van der Waals surface area contributed by atoms with Crippen molar-refractivity contribution in [1.82, 2.24) is 19.6 Å². The van der Waals surface area contributed by atoms with Gasteiger partial charge in [-0.15, -0.1) is 6.42 Å². The Morgan fingerprint density at radius 3 is 2.71 bits per heavy atom. The second-order valence-electron chi connectivity index (χ2n) is 5.50. The van der Waals surface area contributed by atoms with E-state index in [0.717, 1.165) is 16.8 Å². The summed E-state index contributed by atoms with van der Waals surface area (Å²) in [5.41, 5.74) is 2.76. The van der Waals surface area contributed by atoms with E-state index < -0.39 is 0 Å². The van der Waals surface area contributed by atoms with Crippen molar-refractivity contribution < 1.29 is 0 Å². The third kappa shape index (κ3) is 3.05. The lowest BCUT2D eigenvalue weighted by Crippen LogP contribution is -2.19. The minimum absolute atomic E-state index is 0.138. The molecule has 0 aliphatic carbocycles. The number of benzene rings is 1. The highest BCUT2D eigenvalue weighted by molar-refractivity contribution is 7.99. The number of hydrogen-bond acceptors (Lipinski definition) is 4. The van der Waals surface area contributed by atoms with E-state index >= 15 is 0 Å². The number of fused-ring (bicyclic) bond motifs is 1. The van der Waals surface area contributed by atoms with Crippen molar-refractivity contribution in [2.24, 2.45) is 0 Å². The van der Waals surface area contributed by atoms with Crippen molar-refractivity contribution >= 4 is 29.0 Å². The number of nitrogens with zero attached hydrogens (tertiary/aromatic N) is 3. The third-order valence-corrected chi connectivity index (χ3v) is 4.50. The molecule has 0 radical (unpaired) electrons. The zero-order valence-corrected chi connectivity index (χ0v) is 14.8. The van der Waals surface area contributed by atoms with Gasteiger partial charge in [-0.25, -0.2) is 9.78 Å². The molecule has 0 unspecified atom stereocenters. The molecular formula is C17H15ClN4OS. The van der Waals surface area contributed by atoms with Crippen molar-refractivity contribution in [1.29, 1.82) is 0 Å². The zero-order chi connectivity index (χ0) is 17.3. The average Bonchev–Trinajstić information content (AvgIpc) is 2.94. The number of thioether (sulfide) groups is 1. The number of aromatic nitrogens is 4. The van der Waals surface area contributed by atoms with Crippen LogP contribution in [0.3, 0.4) is 0 Å². The maximum absolute atomic E-state index is 12.4.